The Morgan fingerprint density at radius 3 is 2.54 bits per heavy atom. The molecule has 4 nitrogen and oxygen atoms in total. The lowest BCUT2D eigenvalue weighted by atomic mass is 10.1. The van der Waals surface area contributed by atoms with E-state index < -0.39 is 0 Å². The molecular formula is C19H23FN4. The van der Waals surface area contributed by atoms with E-state index in [1.54, 1.807) is 12.1 Å². The first-order valence-corrected chi connectivity index (χ1v) is 7.96. The van der Waals surface area contributed by atoms with Crippen LogP contribution in [-0.4, -0.2) is 40.5 Å². The van der Waals surface area contributed by atoms with Crippen molar-refractivity contribution in [1.29, 1.82) is 0 Å². The molecule has 0 unspecified atom stereocenters. The van der Waals surface area contributed by atoms with Crippen LogP contribution < -0.4 is 5.32 Å². The molecule has 0 bridgehead atoms. The summed E-state index contributed by atoms with van der Waals surface area (Å²) in [4.78, 5) is 7.21. The number of nitrogens with one attached hydrogen (secondary N) is 1. The van der Waals surface area contributed by atoms with Crippen molar-refractivity contribution in [1.82, 2.24) is 19.6 Å². The predicted octanol–water partition coefficient (Wildman–Crippen LogP) is 3.18. The van der Waals surface area contributed by atoms with Crippen molar-refractivity contribution in [3.63, 3.8) is 0 Å². The van der Waals surface area contributed by atoms with Gasteiger partial charge in [0, 0.05) is 44.5 Å². The number of piperazine rings is 1. The van der Waals surface area contributed by atoms with E-state index in [1.165, 1.54) is 12.1 Å². The molecule has 0 radical (unpaired) electrons. The number of benzene rings is 1. The summed E-state index contributed by atoms with van der Waals surface area (Å²) in [7, 11) is 0. The van der Waals surface area contributed by atoms with Gasteiger partial charge in [0.2, 0.25) is 0 Å². The lowest BCUT2D eigenvalue weighted by Gasteiger charge is -2.27. The van der Waals surface area contributed by atoms with E-state index in [1.807, 2.05) is 24.4 Å². The zero-order valence-electron chi connectivity index (χ0n) is 12.9. The van der Waals surface area contributed by atoms with Crippen molar-refractivity contribution in [2.45, 2.75) is 14.0 Å². The number of aromatic nitrogens is 2. The number of imidazole rings is 1. The maximum atomic E-state index is 13.2. The van der Waals surface area contributed by atoms with Gasteiger partial charge in [-0.3, -0.25) is 4.90 Å². The molecule has 1 aliphatic rings. The maximum absolute atomic E-state index is 13.2. The van der Waals surface area contributed by atoms with Gasteiger partial charge in [-0.05, 0) is 36.4 Å². The van der Waals surface area contributed by atoms with Crippen LogP contribution in [0.3, 0.4) is 0 Å². The highest BCUT2D eigenvalue weighted by Crippen LogP contribution is 2.26. The summed E-state index contributed by atoms with van der Waals surface area (Å²) < 4.78 is 15.4. The van der Waals surface area contributed by atoms with Gasteiger partial charge in [-0.25, -0.2) is 9.37 Å². The molecule has 1 N–H and O–H groups in total. The van der Waals surface area contributed by atoms with Gasteiger partial charge in [-0.2, -0.15) is 0 Å². The molecule has 0 aliphatic carbocycles. The first-order chi connectivity index (χ1) is 11.3. The molecule has 3 aromatic rings. The van der Waals surface area contributed by atoms with Crippen molar-refractivity contribution < 1.29 is 4.39 Å². The smallest absolute Gasteiger partial charge is 0.137 e. The molecule has 24 heavy (non-hydrogen) atoms. The zero-order chi connectivity index (χ0) is 15.6. The minimum absolute atomic E-state index is 0. The fourth-order valence-electron chi connectivity index (χ4n) is 3.12. The molecule has 1 fully saturated rings. The lowest BCUT2D eigenvalue weighted by molar-refractivity contribution is 0.230. The van der Waals surface area contributed by atoms with Gasteiger partial charge in [0.1, 0.15) is 11.5 Å². The van der Waals surface area contributed by atoms with Crippen molar-refractivity contribution in [3.8, 4) is 11.3 Å². The summed E-state index contributed by atoms with van der Waals surface area (Å²) in [6.45, 7) is 4.94. The van der Waals surface area contributed by atoms with Crippen LogP contribution in [0.1, 0.15) is 13.1 Å². The molecule has 0 amide bonds. The highest BCUT2D eigenvalue weighted by molar-refractivity contribution is 5.66. The van der Waals surface area contributed by atoms with Gasteiger partial charge >= 0.3 is 0 Å². The highest BCUT2D eigenvalue weighted by atomic mass is 19.1. The second-order valence-electron chi connectivity index (χ2n) is 5.87. The van der Waals surface area contributed by atoms with Gasteiger partial charge in [-0.1, -0.05) is 13.5 Å². The first-order valence-electron chi connectivity index (χ1n) is 7.96. The Morgan fingerprint density at radius 2 is 1.79 bits per heavy atom. The molecular weight excluding hydrogens is 303 g/mol. The average molecular weight is 326 g/mol. The van der Waals surface area contributed by atoms with E-state index in [-0.39, 0.29) is 13.2 Å². The van der Waals surface area contributed by atoms with Crippen molar-refractivity contribution in [3.05, 3.63) is 60.2 Å². The number of hydrogen-bond acceptors (Lipinski definition) is 3. The third-order valence-corrected chi connectivity index (χ3v) is 4.33. The van der Waals surface area contributed by atoms with Crippen molar-refractivity contribution >= 4 is 5.65 Å². The van der Waals surface area contributed by atoms with Crippen molar-refractivity contribution in [2.75, 3.05) is 26.2 Å². The number of halogens is 1. The van der Waals surface area contributed by atoms with Crippen LogP contribution in [0.5, 0.6) is 0 Å². The lowest BCUT2D eigenvalue weighted by Crippen LogP contribution is -2.43. The van der Waals surface area contributed by atoms with Crippen LogP contribution in [-0.2, 0) is 6.54 Å². The normalized spacial score (nSPS) is 15.4. The zero-order valence-corrected chi connectivity index (χ0v) is 12.9. The van der Waals surface area contributed by atoms with E-state index in [4.69, 9.17) is 4.98 Å². The molecule has 4 rings (SSSR count). The number of hydrogen-bond donors (Lipinski definition) is 1. The molecule has 3 heterocycles. The van der Waals surface area contributed by atoms with Gasteiger partial charge in [0.25, 0.3) is 0 Å². The average Bonchev–Trinajstić information content (AvgIpc) is 2.95. The first kappa shape index (κ1) is 16.6. The third kappa shape index (κ3) is 3.18. The fourth-order valence-corrected chi connectivity index (χ4v) is 3.12. The Morgan fingerprint density at radius 1 is 1.04 bits per heavy atom. The van der Waals surface area contributed by atoms with Crippen LogP contribution in [0.4, 0.5) is 4.39 Å². The number of nitrogens with zero attached hydrogens (tertiary/aromatic N) is 3. The minimum atomic E-state index is -0.221. The summed E-state index contributed by atoms with van der Waals surface area (Å²) in [5.41, 5.74) is 3.99. The quantitative estimate of drug-likeness (QED) is 0.802. The standard InChI is InChI=1S/C18H19FN4.CH4/c19-15-6-4-14(5-7-15)18-16(13-22-11-8-20-9-12-22)23-10-2-1-3-17(23)21-18;/h1-7,10,20H,8-9,11-13H2;1H4. The fraction of sp³-hybridized carbons (Fsp3) is 0.316. The van der Waals surface area contributed by atoms with Crippen LogP contribution in [0, 0.1) is 5.82 Å². The van der Waals surface area contributed by atoms with E-state index in [9.17, 15) is 4.39 Å². The molecule has 126 valence electrons. The monoisotopic (exact) mass is 326 g/mol. The van der Waals surface area contributed by atoms with Crippen LogP contribution in [0.25, 0.3) is 16.9 Å². The summed E-state index contributed by atoms with van der Waals surface area (Å²) >= 11 is 0. The number of rotatable bonds is 3. The molecule has 0 atom stereocenters. The molecule has 1 aliphatic heterocycles. The van der Waals surface area contributed by atoms with E-state index in [0.717, 1.165) is 55.3 Å². The van der Waals surface area contributed by atoms with Gasteiger partial charge in [0.05, 0.1) is 11.4 Å². The predicted molar refractivity (Wildman–Crippen MR) is 95.5 cm³/mol. The van der Waals surface area contributed by atoms with E-state index in [0.29, 0.717) is 0 Å². The Balaban J connectivity index is 0.00000169. The summed E-state index contributed by atoms with van der Waals surface area (Å²) in [6.07, 6.45) is 2.05. The molecule has 5 heteroatoms. The van der Waals surface area contributed by atoms with Crippen molar-refractivity contribution in [2.24, 2.45) is 0 Å². The Hall–Kier alpha value is -2.24. The number of pyridine rings is 1. The second kappa shape index (κ2) is 7.11. The minimum Gasteiger partial charge on any atom is -0.314 e. The number of fused-ring (bicyclic) bond motifs is 1. The molecule has 2 aromatic heterocycles. The summed E-state index contributed by atoms with van der Waals surface area (Å²) in [5.74, 6) is -0.221. The SMILES string of the molecule is C.Fc1ccc(-c2nc3ccccn3c2CN2CCNCC2)cc1. The van der Waals surface area contributed by atoms with Gasteiger partial charge in [-0.15, -0.1) is 0 Å². The van der Waals surface area contributed by atoms with Crippen LogP contribution in [0.15, 0.2) is 48.7 Å². The molecule has 0 spiro atoms. The maximum Gasteiger partial charge on any atom is 0.137 e. The van der Waals surface area contributed by atoms with Crippen LogP contribution >= 0.6 is 0 Å². The molecule has 0 saturated carbocycles. The largest absolute Gasteiger partial charge is 0.314 e. The Labute approximate surface area is 141 Å². The van der Waals surface area contributed by atoms with Gasteiger partial charge in [0.15, 0.2) is 0 Å². The third-order valence-electron chi connectivity index (χ3n) is 4.33. The van der Waals surface area contributed by atoms with Crippen LogP contribution in [0.2, 0.25) is 0 Å². The van der Waals surface area contributed by atoms with E-state index >= 15 is 0 Å². The summed E-state index contributed by atoms with van der Waals surface area (Å²) in [5, 5.41) is 3.38. The topological polar surface area (TPSA) is 32.6 Å². The second-order valence-corrected chi connectivity index (χ2v) is 5.87. The summed E-state index contributed by atoms with van der Waals surface area (Å²) in [6, 6.07) is 12.6. The Bertz CT molecular complexity index is 804. The van der Waals surface area contributed by atoms with E-state index in [2.05, 4.69) is 14.6 Å². The molecule has 1 saturated heterocycles. The molecule has 1 aromatic carbocycles. The van der Waals surface area contributed by atoms with Gasteiger partial charge < -0.3 is 9.72 Å². The highest BCUT2D eigenvalue weighted by Gasteiger charge is 2.18. The Kier molecular flexibility index (Phi) is 4.92.